The van der Waals surface area contributed by atoms with E-state index in [0.717, 1.165) is 40.1 Å². The van der Waals surface area contributed by atoms with Crippen molar-refractivity contribution in [2.75, 3.05) is 0 Å². The Hall–Kier alpha value is -2.29. The number of hydrogen-bond donors (Lipinski definition) is 0. The first-order valence-electron chi connectivity index (χ1n) is 8.71. The number of fused-ring (bicyclic) bond motifs is 1. The molecular weight excluding hydrogens is 299 g/mol. The molecule has 2 aromatic carbocycles. The van der Waals surface area contributed by atoms with E-state index in [1.165, 1.54) is 37.3 Å². The maximum Gasteiger partial charge on any atom is 0.123 e. The number of nitrogens with zero attached hydrogens (tertiary/aromatic N) is 2. The Morgan fingerprint density at radius 1 is 1.04 bits per heavy atom. The molecule has 0 aliphatic heterocycles. The van der Waals surface area contributed by atoms with E-state index in [1.54, 1.807) is 18.5 Å². The molecule has 0 atom stereocenters. The third-order valence-electron chi connectivity index (χ3n) is 5.14. The third kappa shape index (κ3) is 2.91. The number of hydrogen-bond acceptors (Lipinski definition) is 2. The fraction of sp³-hybridized carbons (Fsp3) is 0.333. The van der Waals surface area contributed by atoms with Gasteiger partial charge in [0.2, 0.25) is 0 Å². The van der Waals surface area contributed by atoms with E-state index in [4.69, 9.17) is 0 Å². The lowest BCUT2D eigenvalue weighted by Crippen LogP contribution is -1.99. The maximum atomic E-state index is 13.4. The van der Waals surface area contributed by atoms with Crippen LogP contribution in [-0.2, 0) is 6.42 Å². The van der Waals surface area contributed by atoms with Crippen LogP contribution in [0.5, 0.6) is 0 Å². The van der Waals surface area contributed by atoms with Crippen LogP contribution in [0.25, 0.3) is 22.2 Å². The Morgan fingerprint density at radius 2 is 1.88 bits per heavy atom. The first kappa shape index (κ1) is 15.3. The average Bonchev–Trinajstić information content (AvgIpc) is 3.07. The summed E-state index contributed by atoms with van der Waals surface area (Å²) in [7, 11) is 0. The lowest BCUT2D eigenvalue weighted by Gasteiger charge is -2.11. The quantitative estimate of drug-likeness (QED) is 0.639. The lowest BCUT2D eigenvalue weighted by molar-refractivity contribution is 0.547. The van der Waals surface area contributed by atoms with E-state index in [9.17, 15) is 4.39 Å². The number of benzene rings is 2. The van der Waals surface area contributed by atoms with Gasteiger partial charge in [-0.3, -0.25) is 0 Å². The standard InChI is InChI=1S/C21H21FN2/c1-14-10-17(22)7-9-18(14)21-19-8-6-16(11-15-4-2-3-5-15)12-20(19)23-13-24-21/h6-10,12-13,15H,2-5,11H2,1H3. The van der Waals surface area contributed by atoms with Crippen molar-refractivity contribution >= 4 is 10.9 Å². The number of aryl methyl sites for hydroxylation is 1. The lowest BCUT2D eigenvalue weighted by atomic mass is 9.96. The molecular formula is C21H21FN2. The molecule has 1 aliphatic carbocycles. The van der Waals surface area contributed by atoms with Gasteiger partial charge in [0, 0.05) is 10.9 Å². The van der Waals surface area contributed by atoms with E-state index in [0.29, 0.717) is 0 Å². The Morgan fingerprint density at radius 3 is 2.67 bits per heavy atom. The fourth-order valence-electron chi connectivity index (χ4n) is 3.88. The van der Waals surface area contributed by atoms with Crippen LogP contribution in [-0.4, -0.2) is 9.97 Å². The molecule has 0 radical (unpaired) electrons. The zero-order valence-electron chi connectivity index (χ0n) is 13.9. The van der Waals surface area contributed by atoms with E-state index in [-0.39, 0.29) is 5.82 Å². The highest BCUT2D eigenvalue weighted by Gasteiger charge is 2.16. The van der Waals surface area contributed by atoms with Gasteiger partial charge in [-0.05, 0) is 54.7 Å². The zero-order chi connectivity index (χ0) is 16.5. The molecule has 0 saturated heterocycles. The van der Waals surface area contributed by atoms with Crippen LogP contribution in [0.15, 0.2) is 42.7 Å². The summed E-state index contributed by atoms with van der Waals surface area (Å²) in [6.07, 6.45) is 8.19. The first-order valence-corrected chi connectivity index (χ1v) is 8.71. The van der Waals surface area contributed by atoms with Crippen LogP contribution in [0, 0.1) is 18.7 Å². The molecule has 1 saturated carbocycles. The van der Waals surface area contributed by atoms with Crippen LogP contribution in [0.2, 0.25) is 0 Å². The van der Waals surface area contributed by atoms with Gasteiger partial charge in [-0.1, -0.05) is 37.8 Å². The predicted molar refractivity (Wildman–Crippen MR) is 95.3 cm³/mol. The third-order valence-corrected chi connectivity index (χ3v) is 5.14. The molecule has 1 aliphatic rings. The first-order chi connectivity index (χ1) is 11.7. The molecule has 122 valence electrons. The molecule has 0 amide bonds. The molecule has 1 aromatic heterocycles. The minimum absolute atomic E-state index is 0.214. The summed E-state index contributed by atoms with van der Waals surface area (Å²) >= 11 is 0. The van der Waals surface area contributed by atoms with Gasteiger partial charge in [0.05, 0.1) is 11.2 Å². The van der Waals surface area contributed by atoms with Crippen LogP contribution in [0.1, 0.15) is 36.8 Å². The van der Waals surface area contributed by atoms with Crippen molar-refractivity contribution in [2.24, 2.45) is 5.92 Å². The maximum absolute atomic E-state index is 13.4. The topological polar surface area (TPSA) is 25.8 Å². The smallest absolute Gasteiger partial charge is 0.123 e. The molecule has 2 nitrogen and oxygen atoms in total. The van der Waals surface area contributed by atoms with E-state index >= 15 is 0 Å². The summed E-state index contributed by atoms with van der Waals surface area (Å²) in [5.41, 5.74) is 5.07. The Bertz CT molecular complexity index is 882. The van der Waals surface area contributed by atoms with Crippen molar-refractivity contribution in [3.05, 3.63) is 59.7 Å². The van der Waals surface area contributed by atoms with Gasteiger partial charge in [-0.15, -0.1) is 0 Å². The second kappa shape index (κ2) is 6.31. The molecule has 0 N–H and O–H groups in total. The van der Waals surface area contributed by atoms with Gasteiger partial charge in [0.15, 0.2) is 0 Å². The Kier molecular flexibility index (Phi) is 4.01. The summed E-state index contributed by atoms with van der Waals surface area (Å²) in [5.74, 6) is 0.608. The molecule has 24 heavy (non-hydrogen) atoms. The summed E-state index contributed by atoms with van der Waals surface area (Å²) in [6.45, 7) is 1.92. The van der Waals surface area contributed by atoms with Crippen molar-refractivity contribution in [1.29, 1.82) is 0 Å². The highest BCUT2D eigenvalue weighted by Crippen LogP contribution is 2.31. The highest BCUT2D eigenvalue weighted by molar-refractivity contribution is 5.93. The summed E-state index contributed by atoms with van der Waals surface area (Å²) in [5, 5.41) is 1.03. The minimum atomic E-state index is -0.214. The van der Waals surface area contributed by atoms with Gasteiger partial charge < -0.3 is 0 Å². The fourth-order valence-corrected chi connectivity index (χ4v) is 3.88. The van der Waals surface area contributed by atoms with Crippen molar-refractivity contribution in [3.8, 4) is 11.3 Å². The Labute approximate surface area is 141 Å². The summed E-state index contributed by atoms with van der Waals surface area (Å²) < 4.78 is 13.4. The molecule has 3 aromatic rings. The summed E-state index contributed by atoms with van der Waals surface area (Å²) in [6, 6.07) is 11.4. The van der Waals surface area contributed by atoms with Crippen molar-refractivity contribution in [3.63, 3.8) is 0 Å². The molecule has 0 unspecified atom stereocenters. The zero-order valence-corrected chi connectivity index (χ0v) is 13.9. The molecule has 1 heterocycles. The molecule has 1 fully saturated rings. The largest absolute Gasteiger partial charge is 0.236 e. The van der Waals surface area contributed by atoms with Gasteiger partial charge >= 0.3 is 0 Å². The van der Waals surface area contributed by atoms with E-state index in [1.807, 2.05) is 6.92 Å². The predicted octanol–water partition coefficient (Wildman–Crippen LogP) is 5.48. The normalized spacial score (nSPS) is 15.2. The average molecular weight is 320 g/mol. The van der Waals surface area contributed by atoms with Crippen LogP contribution < -0.4 is 0 Å². The van der Waals surface area contributed by atoms with Crippen molar-refractivity contribution < 1.29 is 4.39 Å². The molecule has 4 rings (SSSR count). The van der Waals surface area contributed by atoms with Crippen LogP contribution >= 0.6 is 0 Å². The monoisotopic (exact) mass is 320 g/mol. The summed E-state index contributed by atoms with van der Waals surface area (Å²) in [4.78, 5) is 8.93. The van der Waals surface area contributed by atoms with Gasteiger partial charge in [-0.25, -0.2) is 14.4 Å². The molecule has 0 bridgehead atoms. The van der Waals surface area contributed by atoms with Gasteiger partial charge in [-0.2, -0.15) is 0 Å². The minimum Gasteiger partial charge on any atom is -0.236 e. The molecule has 3 heteroatoms. The Balaban J connectivity index is 1.74. The SMILES string of the molecule is Cc1cc(F)ccc1-c1ncnc2cc(CC3CCCC3)ccc12. The second-order valence-electron chi connectivity index (χ2n) is 6.89. The highest BCUT2D eigenvalue weighted by atomic mass is 19.1. The number of rotatable bonds is 3. The van der Waals surface area contributed by atoms with Crippen molar-refractivity contribution in [2.45, 2.75) is 39.0 Å². The van der Waals surface area contributed by atoms with Crippen molar-refractivity contribution in [1.82, 2.24) is 9.97 Å². The van der Waals surface area contributed by atoms with Crippen LogP contribution in [0.3, 0.4) is 0 Å². The second-order valence-corrected chi connectivity index (χ2v) is 6.89. The van der Waals surface area contributed by atoms with E-state index in [2.05, 4.69) is 28.2 Å². The van der Waals surface area contributed by atoms with Gasteiger partial charge in [0.25, 0.3) is 0 Å². The number of aromatic nitrogens is 2. The van der Waals surface area contributed by atoms with E-state index < -0.39 is 0 Å². The van der Waals surface area contributed by atoms with Crippen LogP contribution in [0.4, 0.5) is 4.39 Å². The molecule has 0 spiro atoms. The number of halogens is 1. The van der Waals surface area contributed by atoms with Gasteiger partial charge in [0.1, 0.15) is 12.1 Å².